The Morgan fingerprint density at radius 1 is 0.941 bits per heavy atom. The fraction of sp³-hybridized carbons (Fsp3) is 0.758. The third kappa shape index (κ3) is 5.61. The first kappa shape index (κ1) is 30.4. The summed E-state index contributed by atoms with van der Waals surface area (Å²) in [7, 11) is 0. The Kier molecular flexibility index (Phi) is 12.0. The van der Waals surface area contributed by atoms with Gasteiger partial charge in [-0.05, 0) is 123 Å². The van der Waals surface area contributed by atoms with Crippen molar-refractivity contribution >= 4 is 0 Å². The molecule has 1 nitrogen and oxygen atoms in total. The van der Waals surface area contributed by atoms with Gasteiger partial charge in [-0.2, -0.15) is 0 Å². The smallest absolute Gasteiger partial charge is 0.0563 e. The number of terminal acetylenes is 3. The van der Waals surface area contributed by atoms with Gasteiger partial charge < -0.3 is 5.11 Å². The number of hydrogen-bond acceptors (Lipinski definition) is 1. The molecule has 0 aromatic rings. The number of aliphatic hydroxyl groups excluding tert-OH is 1. The molecule has 4 aliphatic rings. The second-order valence-corrected chi connectivity index (χ2v) is 11.9. The molecule has 190 valence electrons. The average molecular weight is 465 g/mol. The first-order valence-corrected chi connectivity index (χ1v) is 13.7. The zero-order valence-electron chi connectivity index (χ0n) is 22.6. The Balaban J connectivity index is 0.000000894. The number of allylic oxidation sites excluding steroid dienone is 1. The third-order valence-corrected chi connectivity index (χ3v) is 10.8. The van der Waals surface area contributed by atoms with E-state index < -0.39 is 0 Å². The minimum Gasteiger partial charge on any atom is -0.393 e. The average Bonchev–Trinajstić information content (AvgIpc) is 3.25. The van der Waals surface area contributed by atoms with Crippen molar-refractivity contribution in [3.8, 4) is 38.5 Å². The molecule has 8 unspecified atom stereocenters. The standard InChI is InChI=1S/C27H46O.3C2H2/c1-6-27-16-14-23-22(10-7-21-17-19(4)13-15-26(21,23)5)24(27)11-8-20(27)9-12-25(28)18(2)3;3*1-2/h18,20-25,28H,4,6-17H2,1-3,5H3;3*1-2H. The molecular formula is C33H52O. The Labute approximate surface area is 213 Å². The van der Waals surface area contributed by atoms with Crippen LogP contribution >= 0.6 is 0 Å². The monoisotopic (exact) mass is 464 g/mol. The first-order valence-electron chi connectivity index (χ1n) is 13.7. The summed E-state index contributed by atoms with van der Waals surface area (Å²) in [6.07, 6.45) is 40.4. The van der Waals surface area contributed by atoms with Crippen molar-refractivity contribution in [2.45, 2.75) is 111 Å². The molecule has 1 heteroatoms. The molecule has 0 aromatic heterocycles. The van der Waals surface area contributed by atoms with Gasteiger partial charge in [0.25, 0.3) is 0 Å². The van der Waals surface area contributed by atoms with Crippen LogP contribution in [0.25, 0.3) is 0 Å². The molecule has 4 rings (SSSR count). The van der Waals surface area contributed by atoms with Gasteiger partial charge in [-0.15, -0.1) is 38.5 Å². The minimum atomic E-state index is -0.103. The molecule has 0 radical (unpaired) electrons. The lowest BCUT2D eigenvalue weighted by molar-refractivity contribution is -0.112. The van der Waals surface area contributed by atoms with Gasteiger partial charge in [0.2, 0.25) is 0 Å². The van der Waals surface area contributed by atoms with E-state index in [4.69, 9.17) is 0 Å². The summed E-state index contributed by atoms with van der Waals surface area (Å²) in [5, 5.41) is 10.4. The largest absolute Gasteiger partial charge is 0.393 e. The van der Waals surface area contributed by atoms with Crippen molar-refractivity contribution in [3.63, 3.8) is 0 Å². The minimum absolute atomic E-state index is 0.103. The van der Waals surface area contributed by atoms with Crippen LogP contribution in [0.4, 0.5) is 0 Å². The van der Waals surface area contributed by atoms with Crippen LogP contribution < -0.4 is 0 Å². The molecule has 34 heavy (non-hydrogen) atoms. The summed E-state index contributed by atoms with van der Waals surface area (Å²) >= 11 is 0. The molecule has 0 saturated heterocycles. The van der Waals surface area contributed by atoms with E-state index in [1.807, 2.05) is 0 Å². The molecule has 0 heterocycles. The summed E-state index contributed by atoms with van der Waals surface area (Å²) in [4.78, 5) is 0. The van der Waals surface area contributed by atoms with Crippen LogP contribution in [0, 0.1) is 84.9 Å². The van der Waals surface area contributed by atoms with E-state index in [0.29, 0.717) is 16.7 Å². The molecule has 0 bridgehead atoms. The van der Waals surface area contributed by atoms with Crippen molar-refractivity contribution in [3.05, 3.63) is 12.2 Å². The van der Waals surface area contributed by atoms with Crippen molar-refractivity contribution in [2.24, 2.45) is 46.3 Å². The topological polar surface area (TPSA) is 20.2 Å². The van der Waals surface area contributed by atoms with E-state index in [2.05, 4.69) is 72.8 Å². The lowest BCUT2D eigenvalue weighted by Crippen LogP contribution is -2.53. The summed E-state index contributed by atoms with van der Waals surface area (Å²) in [5.41, 5.74) is 2.72. The highest BCUT2D eigenvalue weighted by Crippen LogP contribution is 2.69. The van der Waals surface area contributed by atoms with Crippen LogP contribution in [0.3, 0.4) is 0 Å². The summed E-state index contributed by atoms with van der Waals surface area (Å²) in [6.45, 7) is 13.8. The number of rotatable bonds is 5. The fourth-order valence-corrected chi connectivity index (χ4v) is 8.94. The van der Waals surface area contributed by atoms with Crippen molar-refractivity contribution in [1.29, 1.82) is 0 Å². The molecular weight excluding hydrogens is 412 g/mol. The zero-order valence-corrected chi connectivity index (χ0v) is 22.6. The van der Waals surface area contributed by atoms with E-state index in [1.54, 1.807) is 0 Å². The Morgan fingerprint density at radius 2 is 1.59 bits per heavy atom. The SMILES string of the molecule is C#C.C#C.C#C.C=C1CCC2(C)C(CCC3C2CCC2(CC)C(CCC(O)C(C)C)CCC32)C1. The van der Waals surface area contributed by atoms with E-state index in [0.717, 1.165) is 36.0 Å². The van der Waals surface area contributed by atoms with Crippen molar-refractivity contribution < 1.29 is 5.11 Å². The van der Waals surface area contributed by atoms with E-state index in [-0.39, 0.29) is 6.10 Å². The highest BCUT2D eigenvalue weighted by Gasteiger charge is 2.60. The van der Waals surface area contributed by atoms with Gasteiger partial charge in [-0.25, -0.2) is 0 Å². The lowest BCUT2D eigenvalue weighted by atomic mass is 9.44. The maximum absolute atomic E-state index is 10.4. The van der Waals surface area contributed by atoms with Crippen LogP contribution in [-0.2, 0) is 0 Å². The van der Waals surface area contributed by atoms with Crippen LogP contribution in [0.2, 0.25) is 0 Å². The summed E-state index contributed by atoms with van der Waals surface area (Å²) in [6, 6.07) is 0. The van der Waals surface area contributed by atoms with Crippen LogP contribution in [0.5, 0.6) is 0 Å². The third-order valence-electron chi connectivity index (χ3n) is 10.8. The lowest BCUT2D eigenvalue weighted by Gasteiger charge is -2.61. The molecule has 0 aromatic carbocycles. The molecule has 4 aliphatic carbocycles. The molecule has 4 fully saturated rings. The quantitative estimate of drug-likeness (QED) is 0.321. The molecule has 8 atom stereocenters. The maximum atomic E-state index is 10.4. The first-order chi connectivity index (χ1) is 16.3. The fourth-order valence-electron chi connectivity index (χ4n) is 8.94. The highest BCUT2D eigenvalue weighted by atomic mass is 16.3. The Hall–Kier alpha value is -1.62. The summed E-state index contributed by atoms with van der Waals surface area (Å²) < 4.78 is 0. The number of aliphatic hydroxyl groups is 1. The van der Waals surface area contributed by atoms with E-state index in [1.165, 1.54) is 76.2 Å². The number of hydrogen-bond donors (Lipinski definition) is 1. The molecule has 1 N–H and O–H groups in total. The Bertz CT molecular complexity index is 681. The zero-order chi connectivity index (χ0) is 26.1. The normalized spacial score (nSPS) is 38.7. The van der Waals surface area contributed by atoms with Gasteiger partial charge in [-0.3, -0.25) is 0 Å². The molecule has 0 spiro atoms. The molecule has 4 saturated carbocycles. The van der Waals surface area contributed by atoms with Crippen molar-refractivity contribution in [2.75, 3.05) is 0 Å². The van der Waals surface area contributed by atoms with Crippen LogP contribution in [-0.4, -0.2) is 11.2 Å². The van der Waals surface area contributed by atoms with Crippen LogP contribution in [0.1, 0.15) is 105 Å². The second kappa shape index (κ2) is 13.5. The Morgan fingerprint density at radius 3 is 2.18 bits per heavy atom. The highest BCUT2D eigenvalue weighted by molar-refractivity contribution is 5.13. The molecule has 0 amide bonds. The molecule has 0 aliphatic heterocycles. The van der Waals surface area contributed by atoms with E-state index >= 15 is 0 Å². The maximum Gasteiger partial charge on any atom is 0.0563 e. The van der Waals surface area contributed by atoms with Gasteiger partial charge >= 0.3 is 0 Å². The van der Waals surface area contributed by atoms with E-state index in [9.17, 15) is 5.11 Å². The van der Waals surface area contributed by atoms with Gasteiger partial charge in [0.05, 0.1) is 6.10 Å². The summed E-state index contributed by atoms with van der Waals surface area (Å²) in [5.74, 6) is 5.13. The number of fused-ring (bicyclic) bond motifs is 5. The van der Waals surface area contributed by atoms with Gasteiger partial charge in [0.15, 0.2) is 0 Å². The van der Waals surface area contributed by atoms with Crippen LogP contribution in [0.15, 0.2) is 12.2 Å². The van der Waals surface area contributed by atoms with Gasteiger partial charge in [0.1, 0.15) is 0 Å². The van der Waals surface area contributed by atoms with Gasteiger partial charge in [-0.1, -0.05) is 39.8 Å². The predicted octanol–water partition coefficient (Wildman–Crippen LogP) is 8.14. The van der Waals surface area contributed by atoms with Gasteiger partial charge in [0, 0.05) is 0 Å². The predicted molar refractivity (Wildman–Crippen MR) is 149 cm³/mol. The second-order valence-electron chi connectivity index (χ2n) is 11.9. The van der Waals surface area contributed by atoms with Crippen molar-refractivity contribution in [1.82, 2.24) is 0 Å².